The first-order valence-corrected chi connectivity index (χ1v) is 13.8. The number of rotatable bonds is 8. The molecular weight excluding hydrogens is 386 g/mol. The minimum Gasteiger partial charge on any atom is -0.299 e. The molecule has 1 aromatic carbocycles. The minimum atomic E-state index is 0.772. The van der Waals surface area contributed by atoms with E-state index >= 15 is 0 Å². The second-order valence-electron chi connectivity index (χ2n) is 12.9. The van der Waals surface area contributed by atoms with Crippen LogP contribution in [0.3, 0.4) is 0 Å². The maximum absolute atomic E-state index is 2.58. The van der Waals surface area contributed by atoms with Crippen molar-refractivity contribution in [3.63, 3.8) is 0 Å². The van der Waals surface area contributed by atoms with Crippen molar-refractivity contribution in [3.05, 3.63) is 35.9 Å². The molecule has 2 saturated carbocycles. The second kappa shape index (κ2) is 12.6. The van der Waals surface area contributed by atoms with Crippen molar-refractivity contribution in [1.82, 2.24) is 4.90 Å². The van der Waals surface area contributed by atoms with Gasteiger partial charge in [0.25, 0.3) is 0 Å². The summed E-state index contributed by atoms with van der Waals surface area (Å²) in [5, 5.41) is 0. The molecule has 1 atom stereocenters. The van der Waals surface area contributed by atoms with E-state index in [-0.39, 0.29) is 0 Å². The molecule has 2 aliphatic carbocycles. The van der Waals surface area contributed by atoms with E-state index in [0.29, 0.717) is 0 Å². The summed E-state index contributed by atoms with van der Waals surface area (Å²) in [6.45, 7) is 22.4. The van der Waals surface area contributed by atoms with E-state index in [1.54, 1.807) is 0 Å². The zero-order chi connectivity index (χ0) is 23.8. The van der Waals surface area contributed by atoms with Crippen LogP contribution in [0.5, 0.6) is 0 Å². The maximum Gasteiger partial charge on any atom is 0.0233 e. The normalized spacial score (nSPS) is 22.9. The average Bonchev–Trinajstić information content (AvgIpc) is 3.60. The predicted molar refractivity (Wildman–Crippen MR) is 143 cm³/mol. The Kier molecular flexibility index (Phi) is 10.8. The average molecular weight is 442 g/mol. The summed E-state index contributed by atoms with van der Waals surface area (Å²) in [6, 6.07) is 10.8. The monoisotopic (exact) mass is 441 g/mol. The zero-order valence-corrected chi connectivity index (χ0v) is 22.9. The van der Waals surface area contributed by atoms with Crippen LogP contribution in [0.1, 0.15) is 112 Å². The fourth-order valence-electron chi connectivity index (χ4n) is 5.54. The largest absolute Gasteiger partial charge is 0.299 e. The fourth-order valence-corrected chi connectivity index (χ4v) is 5.54. The molecule has 1 aromatic rings. The number of nitrogens with zero attached hydrogens (tertiary/aromatic N) is 1. The van der Waals surface area contributed by atoms with Crippen LogP contribution in [0.25, 0.3) is 0 Å². The van der Waals surface area contributed by atoms with E-state index < -0.39 is 0 Å². The molecule has 0 amide bonds. The van der Waals surface area contributed by atoms with Gasteiger partial charge >= 0.3 is 0 Å². The van der Waals surface area contributed by atoms with Crippen LogP contribution in [-0.2, 0) is 6.54 Å². The Balaban J connectivity index is 0.000000183. The molecule has 3 fully saturated rings. The van der Waals surface area contributed by atoms with E-state index in [0.717, 1.165) is 41.0 Å². The molecule has 1 heteroatoms. The van der Waals surface area contributed by atoms with E-state index in [2.05, 4.69) is 90.6 Å². The van der Waals surface area contributed by atoms with E-state index in [9.17, 15) is 0 Å². The van der Waals surface area contributed by atoms with E-state index in [1.165, 1.54) is 70.0 Å². The summed E-state index contributed by atoms with van der Waals surface area (Å²) < 4.78 is 0. The molecule has 4 rings (SSSR count). The molecule has 3 aliphatic rings. The Morgan fingerprint density at radius 2 is 1.47 bits per heavy atom. The van der Waals surface area contributed by atoms with Gasteiger partial charge in [-0.15, -0.1) is 0 Å². The van der Waals surface area contributed by atoms with E-state index in [1.807, 2.05) is 0 Å². The molecule has 1 unspecified atom stereocenters. The fraction of sp³-hybridized carbons (Fsp3) is 0.806. The van der Waals surface area contributed by atoms with Crippen molar-refractivity contribution in [2.24, 2.45) is 34.5 Å². The highest BCUT2D eigenvalue weighted by Crippen LogP contribution is 2.53. The Morgan fingerprint density at radius 1 is 0.875 bits per heavy atom. The summed E-state index contributed by atoms with van der Waals surface area (Å²) in [7, 11) is 0. The number of benzene rings is 1. The van der Waals surface area contributed by atoms with Crippen molar-refractivity contribution in [3.8, 4) is 0 Å². The molecule has 0 aromatic heterocycles. The lowest BCUT2D eigenvalue weighted by molar-refractivity contribution is 0.297. The molecule has 0 bridgehead atoms. The van der Waals surface area contributed by atoms with Crippen LogP contribution in [0.4, 0.5) is 0 Å². The van der Waals surface area contributed by atoms with Crippen molar-refractivity contribution in [2.75, 3.05) is 13.1 Å². The number of hydrogen-bond donors (Lipinski definition) is 0. The van der Waals surface area contributed by atoms with Crippen LogP contribution < -0.4 is 0 Å². The molecule has 32 heavy (non-hydrogen) atoms. The molecule has 1 nitrogen and oxygen atoms in total. The first-order chi connectivity index (χ1) is 15.1. The van der Waals surface area contributed by atoms with Gasteiger partial charge in [-0.05, 0) is 91.6 Å². The Morgan fingerprint density at radius 3 is 1.81 bits per heavy atom. The van der Waals surface area contributed by atoms with Crippen LogP contribution in [0.2, 0.25) is 0 Å². The summed E-state index contributed by atoms with van der Waals surface area (Å²) in [5.74, 6) is 3.56. The SMILES string of the molecule is CC(C)C1CCN(Cc2ccccc2)C1.CC(C)CC1(C)CC1.CCC1(CC(C)C)CC1. The van der Waals surface area contributed by atoms with Gasteiger partial charge in [-0.3, -0.25) is 4.90 Å². The quantitative estimate of drug-likeness (QED) is 0.388. The van der Waals surface area contributed by atoms with Gasteiger partial charge in [0, 0.05) is 13.1 Å². The third-order valence-electron chi connectivity index (χ3n) is 8.05. The molecule has 0 radical (unpaired) electrons. The molecule has 0 spiro atoms. The van der Waals surface area contributed by atoms with Crippen LogP contribution in [0.15, 0.2) is 30.3 Å². The van der Waals surface area contributed by atoms with Gasteiger partial charge in [0.2, 0.25) is 0 Å². The van der Waals surface area contributed by atoms with E-state index in [4.69, 9.17) is 0 Å². The van der Waals surface area contributed by atoms with Crippen molar-refractivity contribution in [2.45, 2.75) is 113 Å². The third-order valence-corrected chi connectivity index (χ3v) is 8.05. The van der Waals surface area contributed by atoms with Gasteiger partial charge in [-0.2, -0.15) is 0 Å². The minimum absolute atomic E-state index is 0.772. The molecule has 1 saturated heterocycles. The van der Waals surface area contributed by atoms with Gasteiger partial charge in [0.15, 0.2) is 0 Å². The molecule has 1 heterocycles. The van der Waals surface area contributed by atoms with Gasteiger partial charge in [-0.25, -0.2) is 0 Å². The summed E-state index contributed by atoms with van der Waals surface area (Å²) in [5.41, 5.74) is 3.03. The number of likely N-dealkylation sites (tertiary alicyclic amines) is 1. The lowest BCUT2D eigenvalue weighted by atomic mass is 9.92. The lowest BCUT2D eigenvalue weighted by Gasteiger charge is -2.17. The third kappa shape index (κ3) is 10.4. The van der Waals surface area contributed by atoms with Gasteiger partial charge in [0.1, 0.15) is 0 Å². The summed E-state index contributed by atoms with van der Waals surface area (Å²) >= 11 is 0. The maximum atomic E-state index is 2.58. The topological polar surface area (TPSA) is 3.24 Å². The standard InChI is InChI=1S/C14H21N.C9H18.C8H16/c1-12(2)14-8-9-15(11-14)10-13-6-4-3-5-7-13;1-4-9(5-6-9)7-8(2)3;1-7(2)6-8(3)4-5-8/h3-7,12,14H,8-11H2,1-2H3;8H,4-7H2,1-3H3;7H,4-6H2,1-3H3. The molecule has 184 valence electrons. The van der Waals surface area contributed by atoms with Crippen molar-refractivity contribution < 1.29 is 0 Å². The number of hydrogen-bond acceptors (Lipinski definition) is 1. The van der Waals surface area contributed by atoms with Crippen molar-refractivity contribution >= 4 is 0 Å². The first-order valence-electron chi connectivity index (χ1n) is 13.8. The van der Waals surface area contributed by atoms with Crippen molar-refractivity contribution in [1.29, 1.82) is 0 Å². The van der Waals surface area contributed by atoms with Crippen LogP contribution >= 0.6 is 0 Å². The Hall–Kier alpha value is -0.820. The first kappa shape index (κ1) is 27.4. The zero-order valence-electron chi connectivity index (χ0n) is 22.9. The van der Waals surface area contributed by atoms with Crippen LogP contribution in [0, 0.1) is 34.5 Å². The molecule has 1 aliphatic heterocycles. The molecule has 0 N–H and O–H groups in total. The highest BCUT2D eigenvalue weighted by atomic mass is 15.1. The van der Waals surface area contributed by atoms with Gasteiger partial charge < -0.3 is 0 Å². The Labute approximate surface area is 201 Å². The van der Waals surface area contributed by atoms with Gasteiger partial charge in [0.05, 0.1) is 0 Å². The smallest absolute Gasteiger partial charge is 0.0233 e. The van der Waals surface area contributed by atoms with Gasteiger partial charge in [-0.1, -0.05) is 92.1 Å². The summed E-state index contributed by atoms with van der Waals surface area (Å²) in [6.07, 6.45) is 11.6. The lowest BCUT2D eigenvalue weighted by Crippen LogP contribution is -2.21. The highest BCUT2D eigenvalue weighted by Gasteiger charge is 2.40. The molecular formula is C31H55N. The Bertz CT molecular complexity index is 621. The predicted octanol–water partition coefficient (Wildman–Crippen LogP) is 9.22. The highest BCUT2D eigenvalue weighted by molar-refractivity contribution is 5.14. The second-order valence-corrected chi connectivity index (χ2v) is 12.9. The van der Waals surface area contributed by atoms with Crippen LogP contribution in [-0.4, -0.2) is 18.0 Å². The summed E-state index contributed by atoms with van der Waals surface area (Å²) in [4.78, 5) is 2.58.